The van der Waals surface area contributed by atoms with E-state index in [1.165, 1.54) is 0 Å². The second-order valence-corrected chi connectivity index (χ2v) is 5.83. The van der Waals surface area contributed by atoms with Crippen LogP contribution in [0.2, 0.25) is 15.1 Å². The highest BCUT2D eigenvalue weighted by molar-refractivity contribution is 9.10. The quantitative estimate of drug-likeness (QED) is 0.745. The molecule has 0 bridgehead atoms. The third-order valence-corrected chi connectivity index (χ3v) is 4.47. The molecule has 0 spiro atoms. The average Bonchev–Trinajstić information content (AvgIpc) is 2.35. The molecule has 0 fully saturated rings. The average molecular weight is 366 g/mol. The van der Waals surface area contributed by atoms with Gasteiger partial charge in [-0.2, -0.15) is 0 Å². The number of aliphatic hydroxyl groups is 1. The molecule has 1 nitrogen and oxygen atoms in total. The molecule has 2 aromatic carbocycles. The van der Waals surface area contributed by atoms with E-state index in [0.29, 0.717) is 20.6 Å². The molecule has 0 heterocycles. The molecular weight excluding hydrogens is 358 g/mol. The summed E-state index contributed by atoms with van der Waals surface area (Å²) in [7, 11) is 0. The minimum atomic E-state index is -0.770. The number of benzene rings is 2. The zero-order chi connectivity index (χ0) is 13.3. The summed E-state index contributed by atoms with van der Waals surface area (Å²) in [6, 6.07) is 10.3. The summed E-state index contributed by atoms with van der Waals surface area (Å²) >= 11 is 21.0. The number of hydrogen-bond acceptors (Lipinski definition) is 1. The van der Waals surface area contributed by atoms with Gasteiger partial charge >= 0.3 is 0 Å². The maximum Gasteiger partial charge on any atom is 0.104 e. The summed E-state index contributed by atoms with van der Waals surface area (Å²) in [4.78, 5) is 0. The van der Waals surface area contributed by atoms with Crippen molar-refractivity contribution in [3.05, 3.63) is 67.1 Å². The number of aliphatic hydroxyl groups excluding tert-OH is 1. The number of hydrogen-bond donors (Lipinski definition) is 1. The smallest absolute Gasteiger partial charge is 0.104 e. The van der Waals surface area contributed by atoms with Gasteiger partial charge < -0.3 is 5.11 Å². The molecule has 0 radical (unpaired) electrons. The highest BCUT2D eigenvalue weighted by Gasteiger charge is 2.13. The molecule has 1 unspecified atom stereocenters. The summed E-state index contributed by atoms with van der Waals surface area (Å²) in [5.41, 5.74) is 1.41. The monoisotopic (exact) mass is 364 g/mol. The second kappa shape index (κ2) is 5.81. The Labute approximate surface area is 128 Å². The molecule has 0 amide bonds. The van der Waals surface area contributed by atoms with E-state index in [9.17, 15) is 5.11 Å². The fourth-order valence-electron chi connectivity index (χ4n) is 1.56. The summed E-state index contributed by atoms with van der Waals surface area (Å²) in [6.45, 7) is 0. The van der Waals surface area contributed by atoms with Gasteiger partial charge in [-0.3, -0.25) is 0 Å². The van der Waals surface area contributed by atoms with Gasteiger partial charge in [0.25, 0.3) is 0 Å². The molecule has 0 aliphatic carbocycles. The zero-order valence-corrected chi connectivity index (χ0v) is 12.9. The van der Waals surface area contributed by atoms with Gasteiger partial charge in [0.2, 0.25) is 0 Å². The van der Waals surface area contributed by atoms with Crippen LogP contribution in [0.3, 0.4) is 0 Å². The van der Waals surface area contributed by atoms with Crippen LogP contribution in [0, 0.1) is 0 Å². The van der Waals surface area contributed by atoms with Gasteiger partial charge in [-0.1, -0.05) is 46.9 Å². The van der Waals surface area contributed by atoms with Crippen molar-refractivity contribution in [2.45, 2.75) is 6.10 Å². The molecule has 0 aliphatic heterocycles. The van der Waals surface area contributed by atoms with E-state index >= 15 is 0 Å². The Bertz CT molecular complexity index is 535. The van der Waals surface area contributed by atoms with Crippen LogP contribution in [0.15, 0.2) is 40.9 Å². The normalized spacial score (nSPS) is 12.5. The van der Waals surface area contributed by atoms with Crippen molar-refractivity contribution in [1.29, 1.82) is 0 Å². The van der Waals surface area contributed by atoms with Gasteiger partial charge in [0.05, 0.1) is 15.1 Å². The van der Waals surface area contributed by atoms with Crippen molar-refractivity contribution in [3.8, 4) is 0 Å². The fraction of sp³-hybridized carbons (Fsp3) is 0.0769. The minimum absolute atomic E-state index is 0.418. The first-order valence-corrected chi connectivity index (χ1v) is 6.99. The van der Waals surface area contributed by atoms with Gasteiger partial charge in [0.1, 0.15) is 6.10 Å². The lowest BCUT2D eigenvalue weighted by Gasteiger charge is -2.13. The molecule has 2 rings (SSSR count). The Kier molecular flexibility index (Phi) is 4.57. The third-order valence-electron chi connectivity index (χ3n) is 2.52. The van der Waals surface area contributed by atoms with E-state index in [2.05, 4.69) is 15.9 Å². The first-order chi connectivity index (χ1) is 8.49. The standard InChI is InChI=1S/C13H8BrCl3O/c14-9-5-7(1-3-10(9)15)13(18)8-2-4-11(16)12(17)6-8/h1-6,13,18H. The Hall–Kier alpha value is -0.250. The highest BCUT2D eigenvalue weighted by atomic mass is 79.9. The fourth-order valence-corrected chi connectivity index (χ4v) is 2.38. The van der Waals surface area contributed by atoms with E-state index < -0.39 is 6.10 Å². The summed E-state index contributed by atoms with van der Waals surface area (Å²) in [5, 5.41) is 11.7. The van der Waals surface area contributed by atoms with Crippen LogP contribution in [-0.2, 0) is 0 Å². The Morgan fingerprint density at radius 1 is 0.833 bits per heavy atom. The van der Waals surface area contributed by atoms with Gasteiger partial charge in [-0.15, -0.1) is 0 Å². The van der Waals surface area contributed by atoms with Crippen molar-refractivity contribution >= 4 is 50.7 Å². The largest absolute Gasteiger partial charge is 0.384 e. The van der Waals surface area contributed by atoms with E-state index in [1.54, 1.807) is 36.4 Å². The van der Waals surface area contributed by atoms with Gasteiger partial charge in [-0.05, 0) is 51.3 Å². The van der Waals surface area contributed by atoms with Crippen molar-refractivity contribution < 1.29 is 5.11 Å². The maximum atomic E-state index is 10.3. The van der Waals surface area contributed by atoms with Crippen LogP contribution in [0.25, 0.3) is 0 Å². The lowest BCUT2D eigenvalue weighted by Crippen LogP contribution is -1.99. The lowest BCUT2D eigenvalue weighted by molar-refractivity contribution is 0.220. The summed E-state index contributed by atoms with van der Waals surface area (Å²) in [6.07, 6.45) is -0.770. The number of rotatable bonds is 2. The van der Waals surface area contributed by atoms with Crippen molar-refractivity contribution in [2.24, 2.45) is 0 Å². The Balaban J connectivity index is 2.37. The molecule has 1 N–H and O–H groups in total. The summed E-state index contributed by atoms with van der Waals surface area (Å²) in [5.74, 6) is 0. The molecular formula is C13H8BrCl3O. The maximum absolute atomic E-state index is 10.3. The molecule has 18 heavy (non-hydrogen) atoms. The molecule has 1 atom stereocenters. The lowest BCUT2D eigenvalue weighted by atomic mass is 10.0. The van der Waals surface area contributed by atoms with E-state index in [-0.39, 0.29) is 0 Å². The second-order valence-electron chi connectivity index (χ2n) is 3.75. The molecule has 5 heteroatoms. The molecule has 2 aromatic rings. The van der Waals surface area contributed by atoms with Crippen LogP contribution in [0.1, 0.15) is 17.2 Å². The van der Waals surface area contributed by atoms with Crippen LogP contribution in [0.4, 0.5) is 0 Å². The zero-order valence-electron chi connectivity index (χ0n) is 9.00. The molecule has 94 valence electrons. The van der Waals surface area contributed by atoms with Crippen LogP contribution in [0.5, 0.6) is 0 Å². The molecule has 0 aromatic heterocycles. The SMILES string of the molecule is OC(c1ccc(Cl)c(Cl)c1)c1ccc(Cl)c(Br)c1. The van der Waals surface area contributed by atoms with E-state index in [4.69, 9.17) is 34.8 Å². The van der Waals surface area contributed by atoms with Crippen LogP contribution in [-0.4, -0.2) is 5.11 Å². The van der Waals surface area contributed by atoms with Crippen molar-refractivity contribution in [1.82, 2.24) is 0 Å². The van der Waals surface area contributed by atoms with Crippen molar-refractivity contribution in [3.63, 3.8) is 0 Å². The highest BCUT2D eigenvalue weighted by Crippen LogP contribution is 2.31. The molecule has 0 saturated heterocycles. The minimum Gasteiger partial charge on any atom is -0.384 e. The predicted molar refractivity (Wildman–Crippen MR) is 79.7 cm³/mol. The topological polar surface area (TPSA) is 20.2 Å². The first-order valence-electron chi connectivity index (χ1n) is 5.07. The third kappa shape index (κ3) is 3.01. The van der Waals surface area contributed by atoms with E-state index in [0.717, 1.165) is 10.0 Å². The first kappa shape index (κ1) is 14.2. The Morgan fingerprint density at radius 2 is 1.39 bits per heavy atom. The van der Waals surface area contributed by atoms with Gasteiger partial charge in [0.15, 0.2) is 0 Å². The predicted octanol–water partition coefficient (Wildman–Crippen LogP) is 5.49. The summed E-state index contributed by atoms with van der Waals surface area (Å²) < 4.78 is 0.737. The van der Waals surface area contributed by atoms with Crippen molar-refractivity contribution in [2.75, 3.05) is 0 Å². The van der Waals surface area contributed by atoms with E-state index in [1.807, 2.05) is 0 Å². The van der Waals surface area contributed by atoms with Crippen LogP contribution < -0.4 is 0 Å². The van der Waals surface area contributed by atoms with Gasteiger partial charge in [0, 0.05) is 4.47 Å². The van der Waals surface area contributed by atoms with Gasteiger partial charge in [-0.25, -0.2) is 0 Å². The van der Waals surface area contributed by atoms with Crippen LogP contribution >= 0.6 is 50.7 Å². The Morgan fingerprint density at radius 3 is 1.94 bits per heavy atom. The molecule has 0 saturated carbocycles. The number of halogens is 4. The molecule has 0 aliphatic rings.